The molecule has 2 unspecified atom stereocenters. The fourth-order valence-corrected chi connectivity index (χ4v) is 2.12. The van der Waals surface area contributed by atoms with Gasteiger partial charge >= 0.3 is 12.3 Å². The second kappa shape index (κ2) is 6.97. The second-order valence-corrected chi connectivity index (χ2v) is 4.90. The van der Waals surface area contributed by atoms with Crippen LogP contribution in [0, 0.1) is 0 Å². The van der Waals surface area contributed by atoms with Crippen LogP contribution in [-0.4, -0.2) is 29.7 Å². The zero-order valence-corrected chi connectivity index (χ0v) is 12.6. The normalized spacial score (nSPS) is 25.6. The van der Waals surface area contributed by atoms with Gasteiger partial charge in [-0.05, 0) is 11.6 Å². The van der Waals surface area contributed by atoms with Crippen molar-refractivity contribution < 1.29 is 22.7 Å². The van der Waals surface area contributed by atoms with Crippen molar-refractivity contribution in [2.45, 2.75) is 31.0 Å². The first-order valence-corrected chi connectivity index (χ1v) is 7.05. The Morgan fingerprint density at radius 3 is 2.55 bits per heavy atom. The molecule has 3 nitrogen and oxygen atoms in total. The Hall–Kier alpha value is -1.24. The molecule has 1 N–H and O–H groups in total. The van der Waals surface area contributed by atoms with E-state index in [9.17, 15) is 18.0 Å². The Morgan fingerprint density at radius 1 is 1.40 bits per heavy atom. The molecule has 7 heteroatoms. The number of allylic oxidation sites excluding steroid dienone is 4. The summed E-state index contributed by atoms with van der Waals surface area (Å²) in [5, 5.41) is 2.41. The van der Waals surface area contributed by atoms with Gasteiger partial charge in [0.1, 0.15) is 6.10 Å². The van der Waals surface area contributed by atoms with Gasteiger partial charge in [-0.2, -0.15) is 13.2 Å². The standard InChI is InChI=1S/C11H9BrF3NO2.C2H6/c12-8-2-1-7(11(13,14)15)3-6(4-8)9-5-16-10(17)18-9;1-2/h1-4,8-9H,5H2,(H,16,17);1-2H3. The van der Waals surface area contributed by atoms with Crippen LogP contribution in [0.25, 0.3) is 0 Å². The van der Waals surface area contributed by atoms with Gasteiger partial charge in [0, 0.05) is 0 Å². The summed E-state index contributed by atoms with van der Waals surface area (Å²) in [7, 11) is 0. The predicted molar refractivity (Wildman–Crippen MR) is 73.7 cm³/mol. The molecule has 112 valence electrons. The van der Waals surface area contributed by atoms with Crippen LogP contribution >= 0.6 is 15.9 Å². The molecular formula is C13H15BrF3NO2. The Bertz CT molecular complexity index is 455. The van der Waals surface area contributed by atoms with E-state index < -0.39 is 23.9 Å². The van der Waals surface area contributed by atoms with Gasteiger partial charge in [0.25, 0.3) is 0 Å². The number of alkyl halides is 4. The molecule has 1 fully saturated rings. The Morgan fingerprint density at radius 2 is 2.05 bits per heavy atom. The van der Waals surface area contributed by atoms with Gasteiger partial charge < -0.3 is 10.1 Å². The van der Waals surface area contributed by atoms with E-state index in [0.717, 1.165) is 12.2 Å². The first kappa shape index (κ1) is 16.8. The molecule has 0 aromatic heterocycles. The van der Waals surface area contributed by atoms with Crippen LogP contribution in [0.1, 0.15) is 13.8 Å². The predicted octanol–water partition coefficient (Wildman–Crippen LogP) is 3.87. The van der Waals surface area contributed by atoms with Crippen molar-refractivity contribution in [1.82, 2.24) is 5.32 Å². The highest BCUT2D eigenvalue weighted by Crippen LogP contribution is 2.31. The zero-order chi connectivity index (χ0) is 15.3. The first-order valence-electron chi connectivity index (χ1n) is 6.13. The Balaban J connectivity index is 0.000000956. The molecule has 0 saturated carbocycles. The molecule has 0 aromatic rings. The summed E-state index contributed by atoms with van der Waals surface area (Å²) in [5.74, 6) is 0. The summed E-state index contributed by atoms with van der Waals surface area (Å²) in [6.07, 6.45) is -0.754. The largest absolute Gasteiger partial charge is 0.439 e. The minimum absolute atomic E-state index is 0.173. The maximum Gasteiger partial charge on any atom is 0.416 e. The second-order valence-electron chi connectivity index (χ2n) is 3.84. The van der Waals surface area contributed by atoms with E-state index in [1.165, 1.54) is 6.08 Å². The van der Waals surface area contributed by atoms with Gasteiger partial charge in [-0.15, -0.1) is 0 Å². The molecule has 2 atom stereocenters. The van der Waals surface area contributed by atoms with E-state index in [0.29, 0.717) is 5.57 Å². The number of nitrogens with one attached hydrogen (secondary N) is 1. The van der Waals surface area contributed by atoms with E-state index in [1.807, 2.05) is 13.8 Å². The summed E-state index contributed by atoms with van der Waals surface area (Å²) in [6.45, 7) is 4.17. The molecule has 1 aliphatic heterocycles. The smallest absolute Gasteiger partial charge is 0.416 e. The maximum atomic E-state index is 12.7. The summed E-state index contributed by atoms with van der Waals surface area (Å²) < 4.78 is 43.0. The van der Waals surface area contributed by atoms with Gasteiger partial charge in [-0.1, -0.05) is 48.0 Å². The van der Waals surface area contributed by atoms with Gasteiger partial charge in [0.15, 0.2) is 0 Å². The molecule has 1 aliphatic carbocycles. The van der Waals surface area contributed by atoms with Crippen molar-refractivity contribution in [2.75, 3.05) is 6.54 Å². The molecule has 20 heavy (non-hydrogen) atoms. The highest BCUT2D eigenvalue weighted by molar-refractivity contribution is 9.09. The monoisotopic (exact) mass is 353 g/mol. The highest BCUT2D eigenvalue weighted by atomic mass is 79.9. The van der Waals surface area contributed by atoms with E-state index in [1.54, 1.807) is 6.08 Å². The summed E-state index contributed by atoms with van der Waals surface area (Å²) in [5.41, 5.74) is -0.439. The molecule has 2 rings (SSSR count). The summed E-state index contributed by atoms with van der Waals surface area (Å²) in [4.78, 5) is 10.6. The average molecular weight is 354 g/mol. The van der Waals surface area contributed by atoms with Gasteiger partial charge in [-0.3, -0.25) is 0 Å². The lowest BCUT2D eigenvalue weighted by atomic mass is 10.1. The SMILES string of the molecule is CC.O=C1NCC(C2=CC(Br)C=CC(C(F)(F)F)=C2)O1. The lowest BCUT2D eigenvalue weighted by Crippen LogP contribution is -2.18. The van der Waals surface area contributed by atoms with Gasteiger partial charge in [0.2, 0.25) is 0 Å². The molecule has 1 heterocycles. The number of carbonyl (C=O) groups is 1. The number of cyclic esters (lactones) is 1. The van der Waals surface area contributed by atoms with Crippen molar-refractivity contribution in [2.24, 2.45) is 0 Å². The number of amides is 1. The molecule has 1 amide bonds. The van der Waals surface area contributed by atoms with Crippen LogP contribution in [0.4, 0.5) is 18.0 Å². The minimum atomic E-state index is -4.43. The van der Waals surface area contributed by atoms with Crippen molar-refractivity contribution in [3.05, 3.63) is 35.5 Å². The van der Waals surface area contributed by atoms with Crippen LogP contribution in [0.3, 0.4) is 0 Å². The molecule has 0 aromatic carbocycles. The van der Waals surface area contributed by atoms with Gasteiger partial charge in [0.05, 0.1) is 16.9 Å². The Kier molecular flexibility index (Phi) is 5.86. The van der Waals surface area contributed by atoms with E-state index in [2.05, 4.69) is 21.2 Å². The van der Waals surface area contributed by atoms with E-state index in [-0.39, 0.29) is 11.4 Å². The highest BCUT2D eigenvalue weighted by Gasteiger charge is 2.34. The molecule has 0 bridgehead atoms. The average Bonchev–Trinajstić information content (AvgIpc) is 2.70. The Labute approximate surface area is 123 Å². The third kappa shape index (κ3) is 4.40. The number of carbonyl (C=O) groups excluding carboxylic acids is 1. The fourth-order valence-electron chi connectivity index (χ4n) is 1.66. The fraction of sp³-hybridized carbons (Fsp3) is 0.462. The first-order chi connectivity index (χ1) is 9.36. The van der Waals surface area contributed by atoms with Crippen LogP contribution in [0.2, 0.25) is 0 Å². The number of hydrogen-bond acceptors (Lipinski definition) is 2. The van der Waals surface area contributed by atoms with Crippen LogP contribution in [0.5, 0.6) is 0 Å². The molecule has 1 saturated heterocycles. The van der Waals surface area contributed by atoms with Crippen LogP contribution in [-0.2, 0) is 4.74 Å². The number of alkyl carbamates (subject to hydrolysis) is 1. The summed E-state index contributed by atoms with van der Waals surface area (Å²) >= 11 is 3.21. The van der Waals surface area contributed by atoms with Gasteiger partial charge in [-0.25, -0.2) is 4.79 Å². The zero-order valence-electron chi connectivity index (χ0n) is 11.0. The topological polar surface area (TPSA) is 38.3 Å². The van der Waals surface area contributed by atoms with Crippen molar-refractivity contribution in [3.63, 3.8) is 0 Å². The third-order valence-electron chi connectivity index (χ3n) is 2.51. The van der Waals surface area contributed by atoms with Crippen molar-refractivity contribution in [1.29, 1.82) is 0 Å². The molecule has 0 spiro atoms. The number of ether oxygens (including phenoxy) is 1. The van der Waals surface area contributed by atoms with Crippen molar-refractivity contribution in [3.8, 4) is 0 Å². The quantitative estimate of drug-likeness (QED) is 0.726. The number of rotatable bonds is 1. The van der Waals surface area contributed by atoms with Crippen LogP contribution in [0.15, 0.2) is 35.5 Å². The number of halogens is 4. The lowest BCUT2D eigenvalue weighted by Gasteiger charge is -2.12. The molecular weight excluding hydrogens is 339 g/mol. The maximum absolute atomic E-state index is 12.7. The minimum Gasteiger partial charge on any atom is -0.439 e. The molecule has 2 aliphatic rings. The van der Waals surface area contributed by atoms with Crippen molar-refractivity contribution >= 4 is 22.0 Å². The summed E-state index contributed by atoms with van der Waals surface area (Å²) in [6, 6.07) is 0. The van der Waals surface area contributed by atoms with E-state index >= 15 is 0 Å². The third-order valence-corrected chi connectivity index (χ3v) is 3.08. The lowest BCUT2D eigenvalue weighted by molar-refractivity contribution is -0.0882. The molecule has 0 radical (unpaired) electrons. The number of hydrogen-bond donors (Lipinski definition) is 1. The van der Waals surface area contributed by atoms with E-state index in [4.69, 9.17) is 4.74 Å². The van der Waals surface area contributed by atoms with Crippen LogP contribution < -0.4 is 5.32 Å².